The Morgan fingerprint density at radius 3 is 0.926 bits per heavy atom. The van der Waals surface area contributed by atoms with Gasteiger partial charge in [0.05, 0.1) is 13.2 Å². The van der Waals surface area contributed by atoms with Crippen molar-refractivity contribution in [1.29, 1.82) is 0 Å². The van der Waals surface area contributed by atoms with E-state index in [4.69, 9.17) is 61.3 Å². The van der Waals surface area contributed by atoms with Crippen molar-refractivity contribution < 1.29 is 87.6 Å². The summed E-state index contributed by atoms with van der Waals surface area (Å²) in [6.45, 7) is -1.69. The van der Waals surface area contributed by atoms with Gasteiger partial charge < -0.3 is 61.3 Å². The number of hydrogen-bond acceptors (Lipinski definition) is 12. The molecular weight excluding hydrogens is 427 g/mol. The molecule has 12 N–H and O–H groups in total. The Hall–Kier alpha value is -0.954. The van der Waals surface area contributed by atoms with Crippen LogP contribution in [0.25, 0.3) is 0 Å². The first-order valence-corrected chi connectivity index (χ1v) is 6.95. The topological polar surface area (TPSA) is 277 Å². The Bertz CT molecular complexity index is 385. The Balaban J connectivity index is -0.000000411. The third kappa shape index (κ3) is 10.8. The van der Waals surface area contributed by atoms with Crippen LogP contribution in [0.2, 0.25) is 0 Å². The first-order chi connectivity index (χ1) is 11.8. The second-order valence-electron chi connectivity index (χ2n) is 5.03. The predicted octanol–water partition coefficient (Wildman–Crippen LogP) is -6.99. The van der Waals surface area contributed by atoms with E-state index in [0.29, 0.717) is 0 Å². The molecule has 0 aliphatic heterocycles. The first-order valence-electron chi connectivity index (χ1n) is 6.95. The summed E-state index contributed by atoms with van der Waals surface area (Å²) in [7, 11) is 0. The molecule has 0 aliphatic carbocycles. The zero-order valence-corrected chi connectivity index (χ0v) is 14.6. The SMILES string of the molecule is O=C(O)C(O)C(O)C(O)C(O)CO.O=C(O)C(O)C(O)C(O)C(O)CO.[Co]. The molecule has 0 bridgehead atoms. The molecule has 8 unspecified atom stereocenters. The van der Waals surface area contributed by atoms with Crippen molar-refractivity contribution in [3.63, 3.8) is 0 Å². The largest absolute Gasteiger partial charge is 0.479 e. The van der Waals surface area contributed by atoms with Gasteiger partial charge in [0.2, 0.25) is 0 Å². The molecule has 15 heteroatoms. The minimum Gasteiger partial charge on any atom is -0.479 e. The van der Waals surface area contributed by atoms with Crippen LogP contribution in [0, 0.1) is 0 Å². The van der Waals surface area contributed by atoms with Gasteiger partial charge in [-0.3, -0.25) is 0 Å². The third-order valence-corrected chi connectivity index (χ3v) is 3.02. The van der Waals surface area contributed by atoms with Crippen LogP contribution in [0.1, 0.15) is 0 Å². The van der Waals surface area contributed by atoms with Crippen molar-refractivity contribution >= 4 is 11.9 Å². The number of rotatable bonds is 10. The van der Waals surface area contributed by atoms with Gasteiger partial charge >= 0.3 is 11.9 Å². The van der Waals surface area contributed by atoms with Crippen molar-refractivity contribution in [2.75, 3.05) is 13.2 Å². The first kappa shape index (κ1) is 30.8. The minimum atomic E-state index is -2.20. The van der Waals surface area contributed by atoms with Gasteiger partial charge in [-0.05, 0) is 0 Å². The van der Waals surface area contributed by atoms with Crippen LogP contribution in [0.5, 0.6) is 0 Å². The predicted molar refractivity (Wildman–Crippen MR) is 77.5 cm³/mol. The zero-order chi connectivity index (χ0) is 21.2. The van der Waals surface area contributed by atoms with Gasteiger partial charge in [-0.25, -0.2) is 9.59 Å². The molecule has 0 amide bonds. The van der Waals surface area contributed by atoms with Crippen LogP contribution in [-0.4, -0.2) is 135 Å². The molecule has 8 atom stereocenters. The third-order valence-electron chi connectivity index (χ3n) is 3.02. The minimum absolute atomic E-state index is 0. The van der Waals surface area contributed by atoms with Gasteiger partial charge in [0.25, 0.3) is 0 Å². The van der Waals surface area contributed by atoms with E-state index in [1.54, 1.807) is 0 Å². The Morgan fingerprint density at radius 1 is 0.556 bits per heavy atom. The fourth-order valence-corrected chi connectivity index (χ4v) is 1.34. The maximum Gasteiger partial charge on any atom is 0.335 e. The van der Waals surface area contributed by atoms with Gasteiger partial charge in [-0.2, -0.15) is 0 Å². The van der Waals surface area contributed by atoms with Crippen molar-refractivity contribution in [2.24, 2.45) is 0 Å². The van der Waals surface area contributed by atoms with Gasteiger partial charge in [0.15, 0.2) is 12.2 Å². The molecule has 0 aliphatic rings. The molecule has 14 nitrogen and oxygen atoms in total. The molecule has 1 radical (unpaired) electrons. The van der Waals surface area contributed by atoms with E-state index in [1.165, 1.54) is 0 Å². The normalized spacial score (nSPS) is 19.6. The van der Waals surface area contributed by atoms with E-state index in [2.05, 4.69) is 0 Å². The number of carboxylic acid groups (broad SMARTS) is 2. The second-order valence-corrected chi connectivity index (χ2v) is 5.03. The molecule has 0 heterocycles. The smallest absolute Gasteiger partial charge is 0.335 e. The van der Waals surface area contributed by atoms with Crippen LogP contribution >= 0.6 is 0 Å². The molecule has 0 aromatic rings. The van der Waals surface area contributed by atoms with Gasteiger partial charge in [-0.15, -0.1) is 0 Å². The fourth-order valence-electron chi connectivity index (χ4n) is 1.34. The fraction of sp³-hybridized carbons (Fsp3) is 0.833. The summed E-state index contributed by atoms with van der Waals surface area (Å²) in [5.74, 6) is -3.45. The number of aliphatic hydroxyl groups excluding tert-OH is 10. The van der Waals surface area contributed by atoms with Gasteiger partial charge in [0, 0.05) is 16.8 Å². The quantitative estimate of drug-likeness (QED) is 0.147. The van der Waals surface area contributed by atoms with Crippen molar-refractivity contribution in [1.82, 2.24) is 0 Å². The van der Waals surface area contributed by atoms with E-state index in [-0.39, 0.29) is 16.8 Å². The van der Waals surface area contributed by atoms with Crippen molar-refractivity contribution in [3.05, 3.63) is 0 Å². The summed E-state index contributed by atoms with van der Waals surface area (Å²) >= 11 is 0. The van der Waals surface area contributed by atoms with Crippen LogP contribution < -0.4 is 0 Å². The van der Waals surface area contributed by atoms with Crippen LogP contribution in [0.3, 0.4) is 0 Å². The summed E-state index contributed by atoms with van der Waals surface area (Å²) in [4.78, 5) is 20.2. The Morgan fingerprint density at radius 2 is 0.778 bits per heavy atom. The summed E-state index contributed by atoms with van der Waals surface area (Å²) in [5, 5.41) is 104. The van der Waals surface area contributed by atoms with E-state index in [0.717, 1.165) is 0 Å². The Kier molecular flexibility index (Phi) is 17.1. The molecule has 0 aromatic heterocycles. The monoisotopic (exact) mass is 451 g/mol. The molecule has 0 spiro atoms. The van der Waals surface area contributed by atoms with Gasteiger partial charge in [-0.1, -0.05) is 0 Å². The summed E-state index contributed by atoms with van der Waals surface area (Å²) in [6, 6.07) is 0. The number of hydrogen-bond donors (Lipinski definition) is 12. The average molecular weight is 451 g/mol. The molecular formula is C12H24CoO14. The second kappa shape index (κ2) is 15.0. The van der Waals surface area contributed by atoms with Crippen molar-refractivity contribution in [2.45, 2.75) is 48.8 Å². The van der Waals surface area contributed by atoms with E-state index in [1.807, 2.05) is 0 Å². The average Bonchev–Trinajstić information content (AvgIpc) is 2.62. The molecule has 0 saturated carbocycles. The zero-order valence-electron chi connectivity index (χ0n) is 13.5. The molecule has 0 aromatic carbocycles. The molecule has 165 valence electrons. The molecule has 0 rings (SSSR count). The number of aliphatic hydroxyl groups is 10. The molecule has 0 saturated heterocycles. The summed E-state index contributed by atoms with van der Waals surface area (Å²) in [6.07, 6.45) is -15.7. The molecule has 0 fully saturated rings. The summed E-state index contributed by atoms with van der Waals surface area (Å²) in [5.41, 5.74) is 0. The molecule has 27 heavy (non-hydrogen) atoms. The van der Waals surface area contributed by atoms with Crippen LogP contribution in [0.15, 0.2) is 0 Å². The standard InChI is InChI=1S/2C6H12O7.Co/c2*7-1-2(8)3(9)4(10)5(11)6(12)13;/h2*2-5,7-11H,1H2,(H,12,13);. The van der Waals surface area contributed by atoms with E-state index in [9.17, 15) is 9.59 Å². The Labute approximate surface area is 162 Å². The number of carbonyl (C=O) groups is 2. The van der Waals surface area contributed by atoms with Gasteiger partial charge in [0.1, 0.15) is 36.6 Å². The summed E-state index contributed by atoms with van der Waals surface area (Å²) < 4.78 is 0. The van der Waals surface area contributed by atoms with E-state index >= 15 is 0 Å². The van der Waals surface area contributed by atoms with Crippen LogP contribution in [0.4, 0.5) is 0 Å². The van der Waals surface area contributed by atoms with E-state index < -0.39 is 74.0 Å². The maximum absolute atomic E-state index is 10.1. The maximum atomic E-state index is 10.1. The number of carboxylic acids is 2. The number of aliphatic carboxylic acids is 2. The van der Waals surface area contributed by atoms with Crippen LogP contribution in [-0.2, 0) is 26.4 Å². The van der Waals surface area contributed by atoms with Crippen molar-refractivity contribution in [3.8, 4) is 0 Å².